The van der Waals surface area contributed by atoms with Crippen LogP contribution in [0, 0.1) is 18.6 Å². The highest BCUT2D eigenvalue weighted by Crippen LogP contribution is 2.29. The van der Waals surface area contributed by atoms with Gasteiger partial charge in [0.1, 0.15) is 22.9 Å². The van der Waals surface area contributed by atoms with E-state index in [2.05, 4.69) is 9.97 Å². The summed E-state index contributed by atoms with van der Waals surface area (Å²) in [5.74, 6) is -0.0771. The van der Waals surface area contributed by atoms with Crippen molar-refractivity contribution >= 4 is 11.0 Å². The number of nitrogens with zero attached hydrogens (tertiary/aromatic N) is 1. The Morgan fingerprint density at radius 2 is 2.00 bits per heavy atom. The SMILES string of the molecule is Cc1nc2ccc(Oc3cccc(F)c3)c(F)c2[nH]1. The number of aryl methyl sites for hydroxylation is 1. The first-order valence-corrected chi connectivity index (χ1v) is 5.72. The van der Waals surface area contributed by atoms with Crippen molar-refractivity contribution in [2.45, 2.75) is 6.92 Å². The lowest BCUT2D eigenvalue weighted by atomic mass is 10.3. The number of hydrogen-bond acceptors (Lipinski definition) is 2. The van der Waals surface area contributed by atoms with E-state index in [1.165, 1.54) is 24.3 Å². The molecular formula is C14H10F2N2O. The molecule has 19 heavy (non-hydrogen) atoms. The molecular weight excluding hydrogens is 250 g/mol. The van der Waals surface area contributed by atoms with Crippen LogP contribution in [-0.2, 0) is 0 Å². The van der Waals surface area contributed by atoms with Gasteiger partial charge in [-0.05, 0) is 31.2 Å². The molecule has 1 heterocycles. The summed E-state index contributed by atoms with van der Waals surface area (Å²) in [6, 6.07) is 8.68. The Morgan fingerprint density at radius 3 is 2.79 bits per heavy atom. The predicted molar refractivity (Wildman–Crippen MR) is 67.3 cm³/mol. The van der Waals surface area contributed by atoms with Crippen molar-refractivity contribution in [2.24, 2.45) is 0 Å². The Balaban J connectivity index is 2.03. The van der Waals surface area contributed by atoms with Crippen molar-refractivity contribution in [1.29, 1.82) is 0 Å². The van der Waals surface area contributed by atoms with Crippen LogP contribution in [0.3, 0.4) is 0 Å². The van der Waals surface area contributed by atoms with Crippen molar-refractivity contribution in [3.8, 4) is 11.5 Å². The molecule has 0 spiro atoms. The van der Waals surface area contributed by atoms with E-state index in [0.29, 0.717) is 11.3 Å². The average Bonchev–Trinajstić information content (AvgIpc) is 2.75. The lowest BCUT2D eigenvalue weighted by Gasteiger charge is -2.06. The minimum atomic E-state index is -0.539. The first kappa shape index (κ1) is 11.6. The summed E-state index contributed by atoms with van der Waals surface area (Å²) in [5.41, 5.74) is 0.813. The Bertz CT molecular complexity index is 752. The summed E-state index contributed by atoms with van der Waals surface area (Å²) in [4.78, 5) is 6.95. The first-order chi connectivity index (χ1) is 9.13. The summed E-state index contributed by atoms with van der Waals surface area (Å²) in [7, 11) is 0. The maximum Gasteiger partial charge on any atom is 0.191 e. The fourth-order valence-corrected chi connectivity index (χ4v) is 1.88. The van der Waals surface area contributed by atoms with Gasteiger partial charge in [0.05, 0.1) is 5.52 Å². The van der Waals surface area contributed by atoms with Gasteiger partial charge in [-0.25, -0.2) is 13.8 Å². The van der Waals surface area contributed by atoms with Gasteiger partial charge >= 0.3 is 0 Å². The first-order valence-electron chi connectivity index (χ1n) is 5.72. The molecule has 0 atom stereocenters. The van der Waals surface area contributed by atoms with Gasteiger partial charge in [0.25, 0.3) is 0 Å². The van der Waals surface area contributed by atoms with Crippen molar-refractivity contribution in [3.05, 3.63) is 53.9 Å². The highest BCUT2D eigenvalue weighted by Gasteiger charge is 2.12. The molecule has 2 aromatic carbocycles. The van der Waals surface area contributed by atoms with Crippen LogP contribution in [0.15, 0.2) is 36.4 Å². The maximum atomic E-state index is 14.2. The van der Waals surface area contributed by atoms with E-state index in [4.69, 9.17) is 4.74 Å². The average molecular weight is 260 g/mol. The van der Waals surface area contributed by atoms with E-state index >= 15 is 0 Å². The molecule has 1 N–H and O–H groups in total. The summed E-state index contributed by atoms with van der Waals surface area (Å²) in [6.07, 6.45) is 0. The van der Waals surface area contributed by atoms with Gasteiger partial charge in [-0.3, -0.25) is 0 Å². The molecule has 0 saturated carbocycles. The number of hydrogen-bond donors (Lipinski definition) is 1. The van der Waals surface area contributed by atoms with Crippen LogP contribution in [0.1, 0.15) is 5.82 Å². The Hall–Kier alpha value is -2.43. The fraction of sp³-hybridized carbons (Fsp3) is 0.0714. The lowest BCUT2D eigenvalue weighted by molar-refractivity contribution is 0.442. The molecule has 5 heteroatoms. The molecule has 0 bridgehead atoms. The summed E-state index contributed by atoms with van der Waals surface area (Å²) in [6.45, 7) is 1.74. The molecule has 0 radical (unpaired) electrons. The molecule has 0 unspecified atom stereocenters. The van der Waals surface area contributed by atoms with Crippen molar-refractivity contribution in [1.82, 2.24) is 9.97 Å². The van der Waals surface area contributed by atoms with Gasteiger partial charge in [-0.2, -0.15) is 0 Å². The van der Waals surface area contributed by atoms with Crippen molar-refractivity contribution in [2.75, 3.05) is 0 Å². The number of nitrogens with one attached hydrogen (secondary N) is 1. The van der Waals surface area contributed by atoms with Gasteiger partial charge in [0, 0.05) is 6.07 Å². The second-order valence-electron chi connectivity index (χ2n) is 4.15. The zero-order valence-corrected chi connectivity index (χ0v) is 10.1. The molecule has 3 rings (SSSR count). The quantitative estimate of drug-likeness (QED) is 0.757. The minimum Gasteiger partial charge on any atom is -0.454 e. The standard InChI is InChI=1S/C14H10F2N2O/c1-8-17-11-5-6-12(13(16)14(11)18-8)19-10-4-2-3-9(15)7-10/h2-7H,1H3,(H,17,18). The number of halogens is 2. The largest absolute Gasteiger partial charge is 0.454 e. The molecule has 0 amide bonds. The van der Waals surface area contributed by atoms with Crippen LogP contribution in [0.4, 0.5) is 8.78 Å². The Labute approximate surface area is 107 Å². The molecule has 0 aliphatic heterocycles. The van der Waals surface area contributed by atoms with Crippen LogP contribution in [0.25, 0.3) is 11.0 Å². The van der Waals surface area contributed by atoms with Crippen LogP contribution in [-0.4, -0.2) is 9.97 Å². The van der Waals surface area contributed by atoms with Crippen LogP contribution in [0.5, 0.6) is 11.5 Å². The number of H-pyrrole nitrogens is 1. The Kier molecular flexibility index (Phi) is 2.67. The highest BCUT2D eigenvalue weighted by molar-refractivity contribution is 5.77. The van der Waals surface area contributed by atoms with Crippen LogP contribution in [0.2, 0.25) is 0 Å². The number of aromatic nitrogens is 2. The van der Waals surface area contributed by atoms with E-state index in [0.717, 1.165) is 0 Å². The van der Waals surface area contributed by atoms with E-state index in [9.17, 15) is 8.78 Å². The second-order valence-corrected chi connectivity index (χ2v) is 4.15. The van der Waals surface area contributed by atoms with Crippen molar-refractivity contribution in [3.63, 3.8) is 0 Å². The van der Waals surface area contributed by atoms with Gasteiger partial charge in [-0.15, -0.1) is 0 Å². The summed E-state index contributed by atoms with van der Waals surface area (Å²) >= 11 is 0. The maximum absolute atomic E-state index is 14.2. The van der Waals surface area contributed by atoms with E-state index < -0.39 is 11.6 Å². The zero-order chi connectivity index (χ0) is 13.4. The van der Waals surface area contributed by atoms with Gasteiger partial charge in [0.15, 0.2) is 11.6 Å². The summed E-state index contributed by atoms with van der Waals surface area (Å²) in [5, 5.41) is 0. The molecule has 0 saturated heterocycles. The van der Waals surface area contributed by atoms with Crippen LogP contribution < -0.4 is 4.74 Å². The van der Waals surface area contributed by atoms with Gasteiger partial charge in [0.2, 0.25) is 0 Å². The molecule has 3 aromatic rings. The van der Waals surface area contributed by atoms with E-state index in [1.807, 2.05) is 0 Å². The lowest BCUT2D eigenvalue weighted by Crippen LogP contribution is -1.90. The minimum absolute atomic E-state index is 0.0294. The Morgan fingerprint density at radius 1 is 1.16 bits per heavy atom. The van der Waals surface area contributed by atoms with E-state index in [1.54, 1.807) is 19.1 Å². The smallest absolute Gasteiger partial charge is 0.191 e. The molecule has 1 aromatic heterocycles. The van der Waals surface area contributed by atoms with Gasteiger partial charge < -0.3 is 9.72 Å². The van der Waals surface area contributed by atoms with Gasteiger partial charge in [-0.1, -0.05) is 6.07 Å². The molecule has 3 nitrogen and oxygen atoms in total. The third kappa shape index (κ3) is 2.14. The predicted octanol–water partition coefficient (Wildman–Crippen LogP) is 3.94. The second kappa shape index (κ2) is 4.35. The normalized spacial score (nSPS) is 10.9. The third-order valence-corrected chi connectivity index (χ3v) is 2.70. The molecule has 96 valence electrons. The topological polar surface area (TPSA) is 37.9 Å². The molecule has 0 aliphatic carbocycles. The number of ether oxygens (including phenoxy) is 1. The molecule has 0 aliphatic rings. The number of benzene rings is 2. The molecule has 0 fully saturated rings. The number of imidazole rings is 1. The van der Waals surface area contributed by atoms with Crippen molar-refractivity contribution < 1.29 is 13.5 Å². The number of rotatable bonds is 2. The zero-order valence-electron chi connectivity index (χ0n) is 10.1. The third-order valence-electron chi connectivity index (χ3n) is 2.70. The highest BCUT2D eigenvalue weighted by atomic mass is 19.1. The fourth-order valence-electron chi connectivity index (χ4n) is 1.88. The number of fused-ring (bicyclic) bond motifs is 1. The van der Waals surface area contributed by atoms with Crippen LogP contribution >= 0.6 is 0 Å². The summed E-state index contributed by atoms with van der Waals surface area (Å²) < 4.78 is 32.6. The van der Waals surface area contributed by atoms with E-state index in [-0.39, 0.29) is 17.0 Å². The monoisotopic (exact) mass is 260 g/mol. The number of aromatic amines is 1.